The first-order valence-corrected chi connectivity index (χ1v) is 12.1. The molecule has 0 N–H and O–H groups in total. The summed E-state index contributed by atoms with van der Waals surface area (Å²) in [5, 5.41) is 0. The van der Waals surface area contributed by atoms with Crippen LogP contribution in [-0.2, 0) is 43.3 Å². The number of alkyl halides is 6. The zero-order chi connectivity index (χ0) is 26.8. The van der Waals surface area contributed by atoms with Gasteiger partial charge in [0.15, 0.2) is 20.2 Å². The number of likely N-dealkylation sites (N-methyl/N-ethyl adjacent to an activating group) is 2. The summed E-state index contributed by atoms with van der Waals surface area (Å²) < 4.78 is 118. The molecule has 1 fully saturated rings. The van der Waals surface area contributed by atoms with Gasteiger partial charge in [0, 0.05) is 52.0 Å². The van der Waals surface area contributed by atoms with E-state index in [0.29, 0.717) is 0 Å². The molecule has 0 saturated carbocycles. The standard InChI is InChI=1S/C14H24N4.2CHF3O3S.Ni/c1-16-7-8-17(2)10-12-18(11-9-16)13-14-5-3-4-6-15-14;2*2-1(3,4)8(5,6)7;/h3-6H,7-13H2,1-2H3;2*(H,5,6,7);/q;;;+2/p-2. The van der Waals surface area contributed by atoms with E-state index in [1.54, 1.807) is 0 Å². The molecule has 0 bridgehead atoms. The number of rotatable bonds is 2. The largest absolute Gasteiger partial charge is 2.00 e. The molecule has 35 heavy (non-hydrogen) atoms. The van der Waals surface area contributed by atoms with E-state index < -0.39 is 31.3 Å². The van der Waals surface area contributed by atoms with Crippen LogP contribution in [0.5, 0.6) is 0 Å². The zero-order valence-electron chi connectivity index (χ0n) is 18.4. The Morgan fingerprint density at radius 2 is 1.14 bits per heavy atom. The molecule has 19 heteroatoms. The van der Waals surface area contributed by atoms with Crippen molar-refractivity contribution < 1.29 is 68.8 Å². The smallest absolute Gasteiger partial charge is 0.741 e. The van der Waals surface area contributed by atoms with Crippen LogP contribution in [-0.4, -0.2) is 110 Å². The normalized spacial score (nSPS) is 17.3. The molecule has 2 rings (SSSR count). The summed E-state index contributed by atoms with van der Waals surface area (Å²) in [7, 11) is -7.77. The Bertz CT molecular complexity index is 880. The molecule has 208 valence electrons. The molecule has 1 aromatic rings. The molecule has 1 aliphatic heterocycles. The van der Waals surface area contributed by atoms with Gasteiger partial charge in [-0.2, -0.15) is 26.3 Å². The monoisotopic (exact) mass is 604 g/mol. The molecule has 0 atom stereocenters. The fraction of sp³-hybridized carbons (Fsp3) is 0.688. The average molecular weight is 605 g/mol. The van der Waals surface area contributed by atoms with Crippen molar-refractivity contribution >= 4 is 20.2 Å². The fourth-order valence-corrected chi connectivity index (χ4v) is 2.18. The number of halogens is 6. The van der Waals surface area contributed by atoms with Crippen LogP contribution in [0, 0.1) is 0 Å². The van der Waals surface area contributed by atoms with E-state index in [1.807, 2.05) is 12.3 Å². The van der Waals surface area contributed by atoms with Gasteiger partial charge in [0.05, 0.1) is 5.69 Å². The Morgan fingerprint density at radius 1 is 0.800 bits per heavy atom. The van der Waals surface area contributed by atoms with Crippen LogP contribution in [0.2, 0.25) is 0 Å². The van der Waals surface area contributed by atoms with Gasteiger partial charge in [0.1, 0.15) is 0 Å². The van der Waals surface area contributed by atoms with Crippen LogP contribution in [0.4, 0.5) is 26.3 Å². The maximum atomic E-state index is 10.7. The third-order valence-electron chi connectivity index (χ3n) is 4.14. The Balaban J connectivity index is 0. The molecule has 0 aliphatic carbocycles. The molecule has 10 nitrogen and oxygen atoms in total. The molecule has 0 aromatic carbocycles. The molecule has 2 heterocycles. The fourth-order valence-electron chi connectivity index (χ4n) is 2.18. The molecule has 0 amide bonds. The van der Waals surface area contributed by atoms with Crippen LogP contribution in [0.25, 0.3) is 0 Å². The number of pyridine rings is 1. The zero-order valence-corrected chi connectivity index (χ0v) is 21.0. The van der Waals surface area contributed by atoms with Crippen LogP contribution in [0.15, 0.2) is 24.4 Å². The van der Waals surface area contributed by atoms with Gasteiger partial charge in [-0.25, -0.2) is 16.8 Å². The van der Waals surface area contributed by atoms with E-state index >= 15 is 0 Å². The van der Waals surface area contributed by atoms with Gasteiger partial charge in [-0.05, 0) is 26.2 Å². The number of aromatic nitrogens is 1. The summed E-state index contributed by atoms with van der Waals surface area (Å²) >= 11 is 0. The number of hydrogen-bond acceptors (Lipinski definition) is 10. The second-order valence-corrected chi connectivity index (χ2v) is 9.75. The van der Waals surface area contributed by atoms with Gasteiger partial charge in [-0.3, -0.25) is 9.88 Å². The summed E-state index contributed by atoms with van der Waals surface area (Å²) in [6.07, 6.45) is 1.88. The van der Waals surface area contributed by atoms with E-state index in [-0.39, 0.29) is 16.5 Å². The average Bonchev–Trinajstić information content (AvgIpc) is 2.73. The summed E-state index contributed by atoms with van der Waals surface area (Å²) in [6.45, 7) is 7.81. The minimum absolute atomic E-state index is 0. The van der Waals surface area contributed by atoms with Crippen molar-refractivity contribution in [1.29, 1.82) is 0 Å². The van der Waals surface area contributed by atoms with E-state index in [0.717, 1.165) is 45.8 Å². The molecule has 0 unspecified atom stereocenters. The topological polar surface area (TPSA) is 137 Å². The summed E-state index contributed by atoms with van der Waals surface area (Å²) in [5.74, 6) is 0. The Kier molecular flexibility index (Phi) is 15.7. The van der Waals surface area contributed by atoms with Gasteiger partial charge in [0.2, 0.25) is 0 Å². The molecule has 1 aromatic heterocycles. The van der Waals surface area contributed by atoms with Gasteiger partial charge in [-0.15, -0.1) is 0 Å². The maximum absolute atomic E-state index is 10.7. The molecule has 0 radical (unpaired) electrons. The third kappa shape index (κ3) is 16.3. The first-order valence-electron chi connectivity index (χ1n) is 9.27. The first kappa shape index (κ1) is 36.1. The SMILES string of the molecule is CN1CCN(C)CCN(Cc2ccccn2)CC1.O=S(=O)([O-])C(F)(F)F.O=S(=O)([O-])C(F)(F)F.[Ni+2]. The number of hydrogen-bond donors (Lipinski definition) is 0. The Labute approximate surface area is 209 Å². The van der Waals surface area contributed by atoms with Crippen LogP contribution >= 0.6 is 0 Å². The van der Waals surface area contributed by atoms with Crippen molar-refractivity contribution in [2.45, 2.75) is 17.6 Å². The second kappa shape index (κ2) is 15.2. The predicted molar refractivity (Wildman–Crippen MR) is 106 cm³/mol. The van der Waals surface area contributed by atoms with Gasteiger partial charge >= 0.3 is 27.5 Å². The predicted octanol–water partition coefficient (Wildman–Crippen LogP) is 0.861. The van der Waals surface area contributed by atoms with Gasteiger partial charge < -0.3 is 18.9 Å². The summed E-state index contributed by atoms with van der Waals surface area (Å²) in [6, 6.07) is 6.15. The van der Waals surface area contributed by atoms with Crippen LogP contribution in [0.1, 0.15) is 5.69 Å². The van der Waals surface area contributed by atoms with Crippen molar-refractivity contribution in [3.05, 3.63) is 30.1 Å². The Hall–Kier alpha value is -1.08. The first-order chi connectivity index (χ1) is 15.2. The van der Waals surface area contributed by atoms with Crippen molar-refractivity contribution in [2.75, 3.05) is 53.4 Å². The van der Waals surface area contributed by atoms with Crippen LogP contribution in [0.3, 0.4) is 0 Å². The molecular formula is C16H24F6N4NiO6S2. The quantitative estimate of drug-likeness (QED) is 0.207. The minimum Gasteiger partial charge on any atom is -0.741 e. The van der Waals surface area contributed by atoms with E-state index in [2.05, 4.69) is 45.9 Å². The Morgan fingerprint density at radius 3 is 1.43 bits per heavy atom. The van der Waals surface area contributed by atoms with Gasteiger partial charge in [0.25, 0.3) is 0 Å². The third-order valence-corrected chi connectivity index (χ3v) is 5.27. The summed E-state index contributed by atoms with van der Waals surface area (Å²) in [5.41, 5.74) is -10.1. The van der Waals surface area contributed by atoms with E-state index in [9.17, 15) is 26.3 Å². The van der Waals surface area contributed by atoms with Crippen molar-refractivity contribution in [2.24, 2.45) is 0 Å². The molecule has 1 saturated heterocycles. The van der Waals surface area contributed by atoms with Crippen molar-refractivity contribution in [3.8, 4) is 0 Å². The van der Waals surface area contributed by atoms with Gasteiger partial charge in [-0.1, -0.05) is 6.07 Å². The number of nitrogens with zero attached hydrogens (tertiary/aromatic N) is 4. The van der Waals surface area contributed by atoms with Crippen molar-refractivity contribution in [1.82, 2.24) is 19.7 Å². The van der Waals surface area contributed by atoms with Crippen LogP contribution < -0.4 is 0 Å². The van der Waals surface area contributed by atoms with E-state index in [1.165, 1.54) is 5.69 Å². The van der Waals surface area contributed by atoms with Crippen molar-refractivity contribution in [3.63, 3.8) is 0 Å². The van der Waals surface area contributed by atoms with E-state index in [4.69, 9.17) is 25.9 Å². The second-order valence-electron chi connectivity index (χ2n) is 7.00. The summed E-state index contributed by atoms with van der Waals surface area (Å²) in [4.78, 5) is 11.7. The maximum Gasteiger partial charge on any atom is 2.00 e. The molecular weight excluding hydrogens is 581 g/mol. The minimum atomic E-state index is -6.09. The molecule has 1 aliphatic rings. The molecule has 0 spiro atoms.